The Hall–Kier alpha value is -1.43. The summed E-state index contributed by atoms with van der Waals surface area (Å²) >= 11 is 0. The molecule has 0 saturated carbocycles. The van der Waals surface area contributed by atoms with Crippen LogP contribution in [0.5, 0.6) is 0 Å². The van der Waals surface area contributed by atoms with Gasteiger partial charge in [-0.1, -0.05) is 13.8 Å². The lowest BCUT2D eigenvalue weighted by Gasteiger charge is -2.15. The van der Waals surface area contributed by atoms with Crippen molar-refractivity contribution in [3.63, 3.8) is 0 Å². The van der Waals surface area contributed by atoms with Crippen molar-refractivity contribution in [2.24, 2.45) is 11.7 Å². The molecule has 84 valence electrons. The number of hydrogen-bond donors (Lipinski definition) is 2. The van der Waals surface area contributed by atoms with Gasteiger partial charge in [0, 0.05) is 12.6 Å². The standard InChI is InChI=1S/C9H17N5O/c1-7(2)8(10)3-12-9(15)4-14-6-11-5-13-14/h5-8H,3-4,10H2,1-2H3,(H,12,15). The molecule has 0 aromatic carbocycles. The van der Waals surface area contributed by atoms with E-state index in [2.05, 4.69) is 15.4 Å². The minimum Gasteiger partial charge on any atom is -0.353 e. The maximum atomic E-state index is 11.4. The first kappa shape index (κ1) is 11.6. The van der Waals surface area contributed by atoms with Gasteiger partial charge in [0.15, 0.2) is 0 Å². The molecule has 1 amide bonds. The van der Waals surface area contributed by atoms with Crippen molar-refractivity contribution in [3.05, 3.63) is 12.7 Å². The predicted molar refractivity (Wildman–Crippen MR) is 55.8 cm³/mol. The number of nitrogens with two attached hydrogens (primary N) is 1. The van der Waals surface area contributed by atoms with Crippen molar-refractivity contribution in [3.8, 4) is 0 Å². The average Bonchev–Trinajstić information content (AvgIpc) is 2.66. The highest BCUT2D eigenvalue weighted by atomic mass is 16.2. The van der Waals surface area contributed by atoms with Crippen molar-refractivity contribution in [2.45, 2.75) is 26.4 Å². The summed E-state index contributed by atoms with van der Waals surface area (Å²) in [6, 6.07) is -0.00954. The first-order valence-corrected chi connectivity index (χ1v) is 4.94. The van der Waals surface area contributed by atoms with Gasteiger partial charge in [-0.3, -0.25) is 4.79 Å². The van der Waals surface area contributed by atoms with Gasteiger partial charge in [-0.15, -0.1) is 0 Å². The monoisotopic (exact) mass is 211 g/mol. The van der Waals surface area contributed by atoms with Gasteiger partial charge < -0.3 is 11.1 Å². The molecule has 1 unspecified atom stereocenters. The van der Waals surface area contributed by atoms with Crippen molar-refractivity contribution < 1.29 is 4.79 Å². The van der Waals surface area contributed by atoms with E-state index in [1.165, 1.54) is 17.3 Å². The van der Waals surface area contributed by atoms with Crippen LogP contribution in [-0.4, -0.2) is 33.3 Å². The minimum atomic E-state index is -0.100. The van der Waals surface area contributed by atoms with Gasteiger partial charge in [-0.05, 0) is 5.92 Å². The van der Waals surface area contributed by atoms with Crippen molar-refractivity contribution in [1.29, 1.82) is 0 Å². The topological polar surface area (TPSA) is 85.8 Å². The van der Waals surface area contributed by atoms with Crippen LogP contribution < -0.4 is 11.1 Å². The van der Waals surface area contributed by atoms with Gasteiger partial charge in [-0.25, -0.2) is 9.67 Å². The van der Waals surface area contributed by atoms with Gasteiger partial charge in [0.25, 0.3) is 0 Å². The second-order valence-corrected chi connectivity index (χ2v) is 3.81. The van der Waals surface area contributed by atoms with E-state index in [1.807, 2.05) is 13.8 Å². The zero-order valence-electron chi connectivity index (χ0n) is 9.05. The third-order valence-electron chi connectivity index (χ3n) is 2.16. The molecule has 1 rings (SSSR count). The molecule has 1 aromatic rings. The van der Waals surface area contributed by atoms with Gasteiger partial charge in [0.1, 0.15) is 19.2 Å². The quantitative estimate of drug-likeness (QED) is 0.679. The molecule has 0 bridgehead atoms. The zero-order chi connectivity index (χ0) is 11.3. The van der Waals surface area contributed by atoms with Gasteiger partial charge in [0.05, 0.1) is 0 Å². The van der Waals surface area contributed by atoms with Crippen LogP contribution >= 0.6 is 0 Å². The van der Waals surface area contributed by atoms with Gasteiger partial charge in [-0.2, -0.15) is 5.10 Å². The summed E-state index contributed by atoms with van der Waals surface area (Å²) in [4.78, 5) is 15.1. The first-order chi connectivity index (χ1) is 7.09. The van der Waals surface area contributed by atoms with Gasteiger partial charge >= 0.3 is 0 Å². The lowest BCUT2D eigenvalue weighted by atomic mass is 10.1. The fraction of sp³-hybridized carbons (Fsp3) is 0.667. The van der Waals surface area contributed by atoms with E-state index in [0.29, 0.717) is 12.5 Å². The second-order valence-electron chi connectivity index (χ2n) is 3.81. The average molecular weight is 211 g/mol. The molecule has 1 heterocycles. The van der Waals surface area contributed by atoms with Crippen LogP contribution in [0.4, 0.5) is 0 Å². The molecule has 1 aromatic heterocycles. The van der Waals surface area contributed by atoms with Crippen LogP contribution in [0.3, 0.4) is 0 Å². The summed E-state index contributed by atoms with van der Waals surface area (Å²) in [5.74, 6) is 0.258. The first-order valence-electron chi connectivity index (χ1n) is 4.94. The smallest absolute Gasteiger partial charge is 0.241 e. The summed E-state index contributed by atoms with van der Waals surface area (Å²) in [6.45, 7) is 4.72. The normalized spacial score (nSPS) is 12.8. The lowest BCUT2D eigenvalue weighted by Crippen LogP contribution is -2.41. The molecule has 0 radical (unpaired) electrons. The zero-order valence-corrected chi connectivity index (χ0v) is 9.05. The van der Waals surface area contributed by atoms with E-state index in [4.69, 9.17) is 5.73 Å². The fourth-order valence-electron chi connectivity index (χ4n) is 0.985. The molecule has 0 saturated heterocycles. The molecule has 0 fully saturated rings. The summed E-state index contributed by atoms with van der Waals surface area (Å²) in [5, 5.41) is 6.58. The lowest BCUT2D eigenvalue weighted by molar-refractivity contribution is -0.121. The van der Waals surface area contributed by atoms with E-state index in [-0.39, 0.29) is 18.5 Å². The van der Waals surface area contributed by atoms with E-state index >= 15 is 0 Å². The number of nitrogens with zero attached hydrogens (tertiary/aromatic N) is 3. The molecule has 15 heavy (non-hydrogen) atoms. The van der Waals surface area contributed by atoms with Crippen LogP contribution in [0.25, 0.3) is 0 Å². The number of carbonyl (C=O) groups is 1. The molecule has 0 aliphatic rings. The Labute approximate surface area is 88.9 Å². The Morgan fingerprint density at radius 2 is 2.33 bits per heavy atom. The Morgan fingerprint density at radius 1 is 1.60 bits per heavy atom. The number of aromatic nitrogens is 3. The largest absolute Gasteiger partial charge is 0.353 e. The highest BCUT2D eigenvalue weighted by molar-refractivity contribution is 5.75. The maximum absolute atomic E-state index is 11.4. The summed E-state index contributed by atoms with van der Waals surface area (Å²) in [6.07, 6.45) is 2.90. The van der Waals surface area contributed by atoms with E-state index in [0.717, 1.165) is 0 Å². The van der Waals surface area contributed by atoms with Crippen molar-refractivity contribution >= 4 is 5.91 Å². The highest BCUT2D eigenvalue weighted by Gasteiger charge is 2.09. The Bertz CT molecular complexity index is 295. The summed E-state index contributed by atoms with van der Waals surface area (Å²) in [5.41, 5.74) is 5.79. The Balaban J connectivity index is 2.25. The molecule has 0 aliphatic carbocycles. The van der Waals surface area contributed by atoms with E-state index in [9.17, 15) is 4.79 Å². The van der Waals surface area contributed by atoms with Crippen LogP contribution in [0, 0.1) is 5.92 Å². The maximum Gasteiger partial charge on any atom is 0.241 e. The Morgan fingerprint density at radius 3 is 2.87 bits per heavy atom. The number of nitrogens with one attached hydrogen (secondary N) is 1. The minimum absolute atomic E-state index is 0.00954. The van der Waals surface area contributed by atoms with Gasteiger partial charge in [0.2, 0.25) is 5.91 Å². The number of carbonyl (C=O) groups excluding carboxylic acids is 1. The van der Waals surface area contributed by atoms with Crippen molar-refractivity contribution in [2.75, 3.05) is 6.54 Å². The third kappa shape index (κ3) is 4.07. The molecule has 6 nitrogen and oxygen atoms in total. The molecule has 0 aliphatic heterocycles. The van der Waals surface area contributed by atoms with Crippen LogP contribution in [0.15, 0.2) is 12.7 Å². The molecule has 0 spiro atoms. The summed E-state index contributed by atoms with van der Waals surface area (Å²) < 4.78 is 1.47. The number of rotatable bonds is 5. The SMILES string of the molecule is CC(C)C(N)CNC(=O)Cn1cncn1. The highest BCUT2D eigenvalue weighted by Crippen LogP contribution is 1.95. The molecular weight excluding hydrogens is 194 g/mol. The van der Waals surface area contributed by atoms with Crippen LogP contribution in [0.2, 0.25) is 0 Å². The van der Waals surface area contributed by atoms with Crippen LogP contribution in [0.1, 0.15) is 13.8 Å². The third-order valence-corrected chi connectivity index (χ3v) is 2.16. The van der Waals surface area contributed by atoms with Crippen molar-refractivity contribution in [1.82, 2.24) is 20.1 Å². The fourth-order valence-corrected chi connectivity index (χ4v) is 0.985. The molecular formula is C9H17N5O. The van der Waals surface area contributed by atoms with Crippen LogP contribution in [-0.2, 0) is 11.3 Å². The number of amides is 1. The van der Waals surface area contributed by atoms with E-state index in [1.54, 1.807) is 0 Å². The predicted octanol–water partition coefficient (Wildman–Crippen LogP) is -0.622. The molecule has 1 atom stereocenters. The Kier molecular flexibility index (Phi) is 4.23. The molecule has 3 N–H and O–H groups in total. The van der Waals surface area contributed by atoms with E-state index < -0.39 is 0 Å². The molecule has 6 heteroatoms. The second kappa shape index (κ2) is 5.45. The summed E-state index contributed by atoms with van der Waals surface area (Å²) in [7, 11) is 0. The number of hydrogen-bond acceptors (Lipinski definition) is 4.